The maximum absolute atomic E-state index is 13.5. The van der Waals surface area contributed by atoms with E-state index in [-0.39, 0.29) is 38.3 Å². The SMILES string of the molecule is Cl.ON=c1cc(-c2cc3cccn3cn2)oc2ccc(N3CCC(F)(F)CC3)cc12. The summed E-state index contributed by atoms with van der Waals surface area (Å²) in [4.78, 5) is 6.31. The van der Waals surface area contributed by atoms with Gasteiger partial charge in [-0.3, -0.25) is 0 Å². The summed E-state index contributed by atoms with van der Waals surface area (Å²) in [6.07, 6.45) is 3.25. The number of hydrogen-bond donors (Lipinski definition) is 1. The molecule has 0 unspecified atom stereocenters. The fraction of sp³-hybridized carbons (Fsp3) is 0.238. The molecular weight excluding hydrogens is 414 g/mol. The number of benzene rings is 1. The predicted octanol–water partition coefficient (Wildman–Crippen LogP) is 4.69. The van der Waals surface area contributed by atoms with E-state index in [1.807, 2.05) is 45.8 Å². The van der Waals surface area contributed by atoms with Gasteiger partial charge in [-0.25, -0.2) is 13.8 Å². The van der Waals surface area contributed by atoms with Crippen molar-refractivity contribution in [2.45, 2.75) is 18.8 Å². The predicted molar refractivity (Wildman–Crippen MR) is 111 cm³/mol. The molecule has 0 spiro atoms. The molecule has 1 fully saturated rings. The van der Waals surface area contributed by atoms with Crippen molar-refractivity contribution in [3.63, 3.8) is 0 Å². The molecule has 1 aromatic carbocycles. The molecule has 0 aliphatic carbocycles. The topological polar surface area (TPSA) is 66.3 Å². The Morgan fingerprint density at radius 1 is 1.10 bits per heavy atom. The van der Waals surface area contributed by atoms with Crippen LogP contribution in [-0.2, 0) is 0 Å². The Morgan fingerprint density at radius 3 is 2.67 bits per heavy atom. The second-order valence-electron chi connectivity index (χ2n) is 7.23. The average Bonchev–Trinajstić information content (AvgIpc) is 3.20. The fourth-order valence-corrected chi connectivity index (χ4v) is 3.73. The van der Waals surface area contributed by atoms with E-state index in [1.54, 1.807) is 18.5 Å². The lowest BCUT2D eigenvalue weighted by atomic mass is 10.1. The van der Waals surface area contributed by atoms with Crippen LogP contribution in [0.4, 0.5) is 14.5 Å². The Labute approximate surface area is 176 Å². The first kappa shape index (κ1) is 20.2. The molecule has 9 heteroatoms. The molecule has 4 aromatic rings. The van der Waals surface area contributed by atoms with Gasteiger partial charge >= 0.3 is 0 Å². The molecule has 156 valence electrons. The Kier molecular flexibility index (Phi) is 5.11. The third-order valence-corrected chi connectivity index (χ3v) is 5.36. The van der Waals surface area contributed by atoms with Crippen LogP contribution < -0.4 is 10.3 Å². The zero-order valence-electron chi connectivity index (χ0n) is 15.8. The van der Waals surface area contributed by atoms with Crippen LogP contribution in [-0.4, -0.2) is 33.6 Å². The highest BCUT2D eigenvalue weighted by atomic mass is 35.5. The highest BCUT2D eigenvalue weighted by molar-refractivity contribution is 5.85. The van der Waals surface area contributed by atoms with Gasteiger partial charge in [0.2, 0.25) is 0 Å². The number of anilines is 1. The molecule has 0 saturated carbocycles. The van der Waals surface area contributed by atoms with Crippen LogP contribution >= 0.6 is 12.4 Å². The number of hydrogen-bond acceptors (Lipinski definition) is 5. The Hall–Kier alpha value is -3.13. The second kappa shape index (κ2) is 7.60. The smallest absolute Gasteiger partial charge is 0.251 e. The van der Waals surface area contributed by atoms with Crippen molar-refractivity contribution < 1.29 is 18.4 Å². The molecule has 30 heavy (non-hydrogen) atoms. The van der Waals surface area contributed by atoms with Crippen LogP contribution in [0.2, 0.25) is 0 Å². The third kappa shape index (κ3) is 3.59. The quantitative estimate of drug-likeness (QED) is 0.368. The van der Waals surface area contributed by atoms with Crippen LogP contribution in [0.25, 0.3) is 27.9 Å². The van der Waals surface area contributed by atoms with E-state index in [9.17, 15) is 14.0 Å². The van der Waals surface area contributed by atoms with E-state index in [0.717, 1.165) is 11.2 Å². The van der Waals surface area contributed by atoms with Gasteiger partial charge in [0.25, 0.3) is 5.92 Å². The molecule has 0 radical (unpaired) electrons. The number of fused-ring (bicyclic) bond motifs is 2. The minimum atomic E-state index is -2.60. The molecule has 1 saturated heterocycles. The summed E-state index contributed by atoms with van der Waals surface area (Å²) in [5, 5.41) is 13.9. The largest absolute Gasteiger partial charge is 0.454 e. The van der Waals surface area contributed by atoms with Crippen LogP contribution in [0.1, 0.15) is 12.8 Å². The number of halogens is 3. The van der Waals surface area contributed by atoms with Crippen LogP contribution in [0.15, 0.2) is 64.6 Å². The van der Waals surface area contributed by atoms with E-state index in [4.69, 9.17) is 4.42 Å². The van der Waals surface area contributed by atoms with Crippen LogP contribution in [0, 0.1) is 0 Å². The number of nitrogens with zero attached hydrogens (tertiary/aromatic N) is 4. The van der Waals surface area contributed by atoms with Crippen molar-refractivity contribution >= 4 is 34.6 Å². The first-order valence-electron chi connectivity index (χ1n) is 9.34. The molecular formula is C21H19ClF2N4O2. The maximum Gasteiger partial charge on any atom is 0.251 e. The Bertz CT molecular complexity index is 1270. The normalized spacial score (nSPS) is 16.7. The molecule has 1 aliphatic rings. The lowest BCUT2D eigenvalue weighted by Crippen LogP contribution is -2.39. The van der Waals surface area contributed by atoms with Crippen molar-refractivity contribution in [1.82, 2.24) is 9.38 Å². The van der Waals surface area contributed by atoms with Gasteiger partial charge in [-0.2, -0.15) is 0 Å². The Balaban J connectivity index is 0.00000218. The van der Waals surface area contributed by atoms with Gasteiger partial charge < -0.3 is 18.9 Å². The van der Waals surface area contributed by atoms with Crippen LogP contribution in [0.3, 0.4) is 0 Å². The summed E-state index contributed by atoms with van der Waals surface area (Å²) in [6, 6.07) is 12.8. The molecule has 0 atom stereocenters. The molecule has 3 aromatic heterocycles. The number of aromatic nitrogens is 2. The van der Waals surface area contributed by atoms with Gasteiger partial charge in [-0.05, 0) is 36.4 Å². The number of rotatable bonds is 2. The molecule has 5 rings (SSSR count). The van der Waals surface area contributed by atoms with Gasteiger partial charge in [0, 0.05) is 54.8 Å². The molecule has 0 amide bonds. The zero-order chi connectivity index (χ0) is 20.0. The highest BCUT2D eigenvalue weighted by Crippen LogP contribution is 2.32. The monoisotopic (exact) mass is 432 g/mol. The molecule has 4 heterocycles. The summed E-state index contributed by atoms with van der Waals surface area (Å²) in [6.45, 7) is 0.557. The van der Waals surface area contributed by atoms with E-state index in [1.165, 1.54) is 0 Å². The zero-order valence-corrected chi connectivity index (χ0v) is 16.6. The standard InChI is InChI=1S/C21H18F2N4O2.ClH/c22-21(23)5-8-26(9-6-21)15-3-4-19-16(10-15)17(25-28)12-20(29-19)18-11-14-2-1-7-27(14)13-24-18;/h1-4,7,10-13,28H,5-6,8-9H2;1H. The summed E-state index contributed by atoms with van der Waals surface area (Å²) < 4.78 is 34.8. The lowest BCUT2D eigenvalue weighted by Gasteiger charge is -2.33. The molecule has 6 nitrogen and oxygen atoms in total. The molecule has 0 bridgehead atoms. The van der Waals surface area contributed by atoms with Gasteiger partial charge in [-0.15, -0.1) is 12.4 Å². The highest BCUT2D eigenvalue weighted by Gasteiger charge is 2.34. The first-order valence-corrected chi connectivity index (χ1v) is 9.34. The number of piperidine rings is 1. The van der Waals surface area contributed by atoms with Gasteiger partial charge in [0.05, 0.1) is 6.33 Å². The summed E-state index contributed by atoms with van der Waals surface area (Å²) in [7, 11) is 0. The van der Waals surface area contributed by atoms with Crippen molar-refractivity contribution in [3.8, 4) is 11.5 Å². The minimum Gasteiger partial charge on any atom is -0.454 e. The van der Waals surface area contributed by atoms with Crippen molar-refractivity contribution in [3.05, 3.63) is 60.3 Å². The van der Waals surface area contributed by atoms with Crippen molar-refractivity contribution in [2.75, 3.05) is 18.0 Å². The van der Waals surface area contributed by atoms with E-state index in [2.05, 4.69) is 10.1 Å². The summed E-state index contributed by atoms with van der Waals surface area (Å²) in [5.74, 6) is -2.13. The molecule has 1 N–H and O–H groups in total. The second-order valence-corrected chi connectivity index (χ2v) is 7.23. The van der Waals surface area contributed by atoms with Crippen molar-refractivity contribution in [1.29, 1.82) is 0 Å². The summed E-state index contributed by atoms with van der Waals surface area (Å²) in [5.41, 5.74) is 2.90. The Morgan fingerprint density at radius 2 is 1.90 bits per heavy atom. The lowest BCUT2D eigenvalue weighted by molar-refractivity contribution is -0.0220. The van der Waals surface area contributed by atoms with Gasteiger partial charge in [0.1, 0.15) is 16.6 Å². The van der Waals surface area contributed by atoms with Crippen LogP contribution in [0.5, 0.6) is 0 Å². The van der Waals surface area contributed by atoms with E-state index < -0.39 is 5.92 Å². The maximum atomic E-state index is 13.5. The minimum absolute atomic E-state index is 0. The fourth-order valence-electron chi connectivity index (χ4n) is 3.73. The van der Waals surface area contributed by atoms with Gasteiger partial charge in [-0.1, -0.05) is 5.16 Å². The van der Waals surface area contributed by atoms with Gasteiger partial charge in [0.15, 0.2) is 5.76 Å². The third-order valence-electron chi connectivity index (χ3n) is 5.36. The number of alkyl halides is 2. The molecule has 1 aliphatic heterocycles. The first-order chi connectivity index (χ1) is 14.0. The van der Waals surface area contributed by atoms with Crippen molar-refractivity contribution in [2.24, 2.45) is 5.16 Å². The average molecular weight is 433 g/mol. The van der Waals surface area contributed by atoms with E-state index in [0.29, 0.717) is 27.8 Å². The van der Waals surface area contributed by atoms with E-state index >= 15 is 0 Å². The summed E-state index contributed by atoms with van der Waals surface area (Å²) >= 11 is 0.